The Morgan fingerprint density at radius 1 is 1.47 bits per heavy atom. The van der Waals surface area contributed by atoms with Gasteiger partial charge in [-0.1, -0.05) is 39.3 Å². The Morgan fingerprint density at radius 2 is 2.21 bits per heavy atom. The van der Waals surface area contributed by atoms with E-state index >= 15 is 0 Å². The second kappa shape index (κ2) is 6.13. The molecule has 0 aromatic carbocycles. The van der Waals surface area contributed by atoms with Gasteiger partial charge in [-0.25, -0.2) is 0 Å². The summed E-state index contributed by atoms with van der Waals surface area (Å²) in [6.45, 7) is 10.7. The summed E-state index contributed by atoms with van der Waals surface area (Å²) >= 11 is 7.60. The SMILES string of the molecule is CC(C)COC1CC(NCc2ccc(Cl)s2)C1(C)C. The van der Waals surface area contributed by atoms with Gasteiger partial charge in [0.25, 0.3) is 0 Å². The van der Waals surface area contributed by atoms with E-state index in [-0.39, 0.29) is 5.41 Å². The lowest BCUT2D eigenvalue weighted by Gasteiger charge is -2.52. The van der Waals surface area contributed by atoms with Crippen molar-refractivity contribution in [1.29, 1.82) is 0 Å². The van der Waals surface area contributed by atoms with Crippen LogP contribution in [-0.4, -0.2) is 18.8 Å². The molecule has 2 unspecified atom stereocenters. The predicted molar refractivity (Wildman–Crippen MR) is 82.9 cm³/mol. The molecule has 2 rings (SSSR count). The van der Waals surface area contributed by atoms with Gasteiger partial charge in [-0.2, -0.15) is 0 Å². The van der Waals surface area contributed by atoms with E-state index in [1.165, 1.54) is 4.88 Å². The van der Waals surface area contributed by atoms with E-state index in [0.717, 1.165) is 23.9 Å². The third-order valence-corrected chi connectivity index (χ3v) is 5.19. The molecule has 2 nitrogen and oxygen atoms in total. The number of thiophene rings is 1. The quantitative estimate of drug-likeness (QED) is 0.844. The van der Waals surface area contributed by atoms with Crippen molar-refractivity contribution in [3.05, 3.63) is 21.3 Å². The fraction of sp³-hybridized carbons (Fsp3) is 0.733. The normalized spacial score (nSPS) is 25.6. The van der Waals surface area contributed by atoms with Gasteiger partial charge in [0.1, 0.15) is 0 Å². The molecule has 1 N–H and O–H groups in total. The molecule has 0 saturated heterocycles. The van der Waals surface area contributed by atoms with Gasteiger partial charge < -0.3 is 10.1 Å². The molecule has 1 aliphatic carbocycles. The minimum atomic E-state index is 0.218. The number of halogens is 1. The van der Waals surface area contributed by atoms with Crippen LogP contribution in [0.1, 0.15) is 39.0 Å². The molecule has 2 atom stereocenters. The van der Waals surface area contributed by atoms with E-state index in [2.05, 4.69) is 39.1 Å². The molecular weight excluding hydrogens is 278 g/mol. The van der Waals surface area contributed by atoms with Crippen molar-refractivity contribution >= 4 is 22.9 Å². The van der Waals surface area contributed by atoms with Gasteiger partial charge in [0.15, 0.2) is 0 Å². The molecule has 4 heteroatoms. The van der Waals surface area contributed by atoms with Crippen LogP contribution in [-0.2, 0) is 11.3 Å². The maximum atomic E-state index is 5.98. The summed E-state index contributed by atoms with van der Waals surface area (Å²) < 4.78 is 6.85. The lowest BCUT2D eigenvalue weighted by Crippen LogP contribution is -2.60. The molecule has 0 spiro atoms. The molecule has 0 radical (unpaired) electrons. The number of ether oxygens (including phenoxy) is 1. The van der Waals surface area contributed by atoms with Crippen molar-refractivity contribution in [1.82, 2.24) is 5.32 Å². The van der Waals surface area contributed by atoms with Crippen LogP contribution in [0, 0.1) is 11.3 Å². The highest BCUT2D eigenvalue weighted by molar-refractivity contribution is 7.16. The third kappa shape index (κ3) is 3.72. The molecule has 108 valence electrons. The second-order valence-corrected chi connectivity index (χ2v) is 8.21. The monoisotopic (exact) mass is 301 g/mol. The van der Waals surface area contributed by atoms with Crippen molar-refractivity contribution < 1.29 is 4.74 Å². The van der Waals surface area contributed by atoms with Gasteiger partial charge in [0.05, 0.1) is 10.4 Å². The van der Waals surface area contributed by atoms with Crippen molar-refractivity contribution in [2.45, 2.75) is 52.8 Å². The summed E-state index contributed by atoms with van der Waals surface area (Å²) in [5.41, 5.74) is 0.218. The fourth-order valence-electron chi connectivity index (χ4n) is 2.49. The fourth-order valence-corrected chi connectivity index (χ4v) is 3.53. The average Bonchev–Trinajstić information content (AvgIpc) is 2.72. The lowest BCUT2D eigenvalue weighted by molar-refractivity contribution is -0.124. The van der Waals surface area contributed by atoms with Gasteiger partial charge in [-0.05, 0) is 24.5 Å². The Labute approximate surface area is 125 Å². The maximum absolute atomic E-state index is 5.98. The first-order valence-corrected chi connectivity index (χ1v) is 8.18. The highest BCUT2D eigenvalue weighted by Gasteiger charge is 2.48. The van der Waals surface area contributed by atoms with E-state index in [1.807, 2.05) is 6.07 Å². The van der Waals surface area contributed by atoms with E-state index in [1.54, 1.807) is 11.3 Å². The molecule has 1 aromatic heterocycles. The van der Waals surface area contributed by atoms with E-state index < -0.39 is 0 Å². The first-order chi connectivity index (χ1) is 8.89. The Kier molecular flexibility index (Phi) is 4.93. The Bertz CT molecular complexity index is 416. The first kappa shape index (κ1) is 15.3. The number of nitrogens with one attached hydrogen (secondary N) is 1. The third-order valence-electron chi connectivity index (χ3n) is 3.96. The zero-order valence-electron chi connectivity index (χ0n) is 12.2. The maximum Gasteiger partial charge on any atom is 0.0931 e. The molecule has 0 aliphatic heterocycles. The highest BCUT2D eigenvalue weighted by Crippen LogP contribution is 2.43. The lowest BCUT2D eigenvalue weighted by atomic mass is 9.64. The predicted octanol–water partition coefficient (Wildman–Crippen LogP) is 4.33. The molecule has 1 fully saturated rings. The molecule has 1 aromatic rings. The summed E-state index contributed by atoms with van der Waals surface area (Å²) in [5.74, 6) is 0.607. The van der Waals surface area contributed by atoms with Gasteiger partial charge >= 0.3 is 0 Å². The Hall–Kier alpha value is -0.0900. The summed E-state index contributed by atoms with van der Waals surface area (Å²) in [4.78, 5) is 1.30. The molecule has 1 heterocycles. The van der Waals surface area contributed by atoms with Gasteiger partial charge in [-0.15, -0.1) is 11.3 Å². The second-order valence-electron chi connectivity index (χ2n) is 6.41. The summed E-state index contributed by atoms with van der Waals surface area (Å²) in [5, 5.41) is 3.63. The molecule has 1 saturated carbocycles. The van der Waals surface area contributed by atoms with Crippen molar-refractivity contribution in [3.8, 4) is 0 Å². The zero-order valence-corrected chi connectivity index (χ0v) is 13.8. The number of hydrogen-bond donors (Lipinski definition) is 1. The standard InChI is InChI=1S/C15H24ClNOS/c1-10(2)9-18-13-7-12(15(13,3)4)17-8-11-5-6-14(16)19-11/h5-6,10,12-13,17H,7-9H2,1-4H3. The topological polar surface area (TPSA) is 21.3 Å². The number of hydrogen-bond acceptors (Lipinski definition) is 3. The zero-order chi connectivity index (χ0) is 14.0. The van der Waals surface area contributed by atoms with Crippen LogP contribution in [0.3, 0.4) is 0 Å². The largest absolute Gasteiger partial charge is 0.377 e. The van der Waals surface area contributed by atoms with Gasteiger partial charge in [0, 0.05) is 29.5 Å². The van der Waals surface area contributed by atoms with Crippen LogP contribution >= 0.6 is 22.9 Å². The van der Waals surface area contributed by atoms with Gasteiger partial charge in [-0.3, -0.25) is 0 Å². The summed E-state index contributed by atoms with van der Waals surface area (Å²) in [7, 11) is 0. The first-order valence-electron chi connectivity index (χ1n) is 6.98. The Morgan fingerprint density at radius 3 is 2.74 bits per heavy atom. The average molecular weight is 302 g/mol. The summed E-state index contributed by atoms with van der Waals surface area (Å²) in [6, 6.07) is 4.59. The smallest absolute Gasteiger partial charge is 0.0931 e. The Balaban J connectivity index is 1.77. The van der Waals surface area contributed by atoms with Crippen LogP contribution in [0.2, 0.25) is 4.34 Å². The van der Waals surface area contributed by atoms with E-state index in [9.17, 15) is 0 Å². The van der Waals surface area contributed by atoms with Crippen molar-refractivity contribution in [3.63, 3.8) is 0 Å². The van der Waals surface area contributed by atoms with Crippen LogP contribution < -0.4 is 5.32 Å². The molecule has 0 bridgehead atoms. The van der Waals surface area contributed by atoms with Gasteiger partial charge in [0.2, 0.25) is 0 Å². The van der Waals surface area contributed by atoms with Crippen LogP contribution in [0.15, 0.2) is 12.1 Å². The van der Waals surface area contributed by atoms with Crippen molar-refractivity contribution in [2.24, 2.45) is 11.3 Å². The van der Waals surface area contributed by atoms with Crippen LogP contribution in [0.25, 0.3) is 0 Å². The van der Waals surface area contributed by atoms with Crippen LogP contribution in [0.4, 0.5) is 0 Å². The van der Waals surface area contributed by atoms with E-state index in [0.29, 0.717) is 18.1 Å². The van der Waals surface area contributed by atoms with E-state index in [4.69, 9.17) is 16.3 Å². The minimum absolute atomic E-state index is 0.218. The molecule has 1 aliphatic rings. The molecule has 0 amide bonds. The molecular formula is C15H24ClNOS. The molecule has 19 heavy (non-hydrogen) atoms. The summed E-state index contributed by atoms with van der Waals surface area (Å²) in [6.07, 6.45) is 1.50. The highest BCUT2D eigenvalue weighted by atomic mass is 35.5. The van der Waals surface area contributed by atoms with Crippen molar-refractivity contribution in [2.75, 3.05) is 6.61 Å². The minimum Gasteiger partial charge on any atom is -0.377 e. The van der Waals surface area contributed by atoms with Crippen LogP contribution in [0.5, 0.6) is 0 Å². The number of rotatable bonds is 6.